The van der Waals surface area contributed by atoms with Crippen molar-refractivity contribution in [3.63, 3.8) is 0 Å². The van der Waals surface area contributed by atoms with Gasteiger partial charge >= 0.3 is 0 Å². The smallest absolute Gasteiger partial charge is 0.0417 e. The second-order valence-electron chi connectivity index (χ2n) is 4.44. The molecule has 2 nitrogen and oxygen atoms in total. The van der Waals surface area contributed by atoms with Crippen LogP contribution in [0.2, 0.25) is 0 Å². The summed E-state index contributed by atoms with van der Waals surface area (Å²) in [6, 6.07) is 12.8. The largest absolute Gasteiger partial charge is 0.398 e. The van der Waals surface area contributed by atoms with Gasteiger partial charge in [-0.25, -0.2) is 0 Å². The van der Waals surface area contributed by atoms with Gasteiger partial charge in [0.1, 0.15) is 0 Å². The van der Waals surface area contributed by atoms with E-state index in [4.69, 9.17) is 5.73 Å². The van der Waals surface area contributed by atoms with Crippen LogP contribution in [-0.2, 0) is 6.54 Å². The van der Waals surface area contributed by atoms with E-state index < -0.39 is 0 Å². The van der Waals surface area contributed by atoms with Crippen molar-refractivity contribution in [2.45, 2.75) is 32.4 Å². The Hall–Kier alpha value is -1.32. The van der Waals surface area contributed by atoms with Crippen LogP contribution in [0.5, 0.6) is 0 Å². The molecule has 1 unspecified atom stereocenters. The molecule has 0 aliphatic rings. The van der Waals surface area contributed by atoms with E-state index in [1.165, 1.54) is 16.9 Å². The van der Waals surface area contributed by atoms with Gasteiger partial charge in [-0.1, -0.05) is 37.6 Å². The molecular weight excluding hydrogens is 240 g/mol. The maximum absolute atomic E-state index is 5.96. The lowest BCUT2D eigenvalue weighted by atomic mass is 10.1. The fraction of sp³-hybridized carbons (Fsp3) is 0.333. The van der Waals surface area contributed by atoms with Crippen LogP contribution < -0.4 is 11.1 Å². The van der Waals surface area contributed by atoms with Gasteiger partial charge in [-0.15, -0.1) is 11.3 Å². The van der Waals surface area contributed by atoms with E-state index in [9.17, 15) is 0 Å². The van der Waals surface area contributed by atoms with Gasteiger partial charge in [0.2, 0.25) is 0 Å². The first-order valence-electron chi connectivity index (χ1n) is 6.41. The lowest BCUT2D eigenvalue weighted by Crippen LogP contribution is -2.20. The Morgan fingerprint density at radius 3 is 2.72 bits per heavy atom. The Balaban J connectivity index is 2.00. The Morgan fingerprint density at radius 1 is 1.22 bits per heavy atom. The molecule has 0 bridgehead atoms. The topological polar surface area (TPSA) is 38.0 Å². The third-order valence-corrected chi connectivity index (χ3v) is 4.04. The molecule has 0 aliphatic carbocycles. The van der Waals surface area contributed by atoms with E-state index in [0.29, 0.717) is 6.04 Å². The van der Waals surface area contributed by atoms with E-state index in [1.54, 1.807) is 0 Å². The van der Waals surface area contributed by atoms with Crippen LogP contribution in [0, 0.1) is 0 Å². The van der Waals surface area contributed by atoms with Gasteiger partial charge in [-0.2, -0.15) is 0 Å². The summed E-state index contributed by atoms with van der Waals surface area (Å²) in [6.45, 7) is 3.05. The van der Waals surface area contributed by atoms with Crippen LogP contribution in [0.1, 0.15) is 36.2 Å². The molecule has 0 fully saturated rings. The third-order valence-electron chi connectivity index (χ3n) is 3.06. The highest BCUT2D eigenvalue weighted by atomic mass is 32.1. The summed E-state index contributed by atoms with van der Waals surface area (Å²) in [5, 5.41) is 5.75. The zero-order valence-corrected chi connectivity index (χ0v) is 11.5. The second kappa shape index (κ2) is 6.57. The first-order chi connectivity index (χ1) is 8.81. The lowest BCUT2D eigenvalue weighted by Gasteiger charge is -2.17. The molecule has 3 N–H and O–H groups in total. The van der Waals surface area contributed by atoms with Crippen molar-refractivity contribution in [3.05, 3.63) is 52.2 Å². The molecule has 96 valence electrons. The van der Waals surface area contributed by atoms with Crippen LogP contribution in [0.3, 0.4) is 0 Å². The summed E-state index contributed by atoms with van der Waals surface area (Å²) in [7, 11) is 0. The highest BCUT2D eigenvalue weighted by Gasteiger charge is 2.11. The Kier molecular flexibility index (Phi) is 4.79. The van der Waals surface area contributed by atoms with Gasteiger partial charge in [-0.3, -0.25) is 0 Å². The number of hydrogen-bond donors (Lipinski definition) is 2. The Labute approximate surface area is 113 Å². The molecule has 0 radical (unpaired) electrons. The highest BCUT2D eigenvalue weighted by molar-refractivity contribution is 7.10. The quantitative estimate of drug-likeness (QED) is 0.771. The summed E-state index contributed by atoms with van der Waals surface area (Å²) in [4.78, 5) is 1.41. The average Bonchev–Trinajstić information content (AvgIpc) is 2.90. The summed E-state index contributed by atoms with van der Waals surface area (Å²) >= 11 is 1.82. The zero-order valence-electron chi connectivity index (χ0n) is 10.7. The summed E-state index contributed by atoms with van der Waals surface area (Å²) in [6.07, 6.45) is 2.34. The Morgan fingerprint density at radius 2 is 2.06 bits per heavy atom. The fourth-order valence-corrected chi connectivity index (χ4v) is 2.89. The van der Waals surface area contributed by atoms with Gasteiger partial charge in [0.15, 0.2) is 0 Å². The van der Waals surface area contributed by atoms with Crippen LogP contribution >= 0.6 is 11.3 Å². The lowest BCUT2D eigenvalue weighted by molar-refractivity contribution is 0.501. The first kappa shape index (κ1) is 13.1. The van der Waals surface area contributed by atoms with Gasteiger partial charge in [0, 0.05) is 23.2 Å². The number of nitrogen functional groups attached to an aromatic ring is 1. The number of benzene rings is 1. The molecule has 0 amide bonds. The van der Waals surface area contributed by atoms with Crippen LogP contribution in [0.4, 0.5) is 5.69 Å². The number of para-hydroxylation sites is 1. The van der Waals surface area contributed by atoms with Crippen molar-refractivity contribution in [2.24, 2.45) is 0 Å². The monoisotopic (exact) mass is 260 g/mol. The molecule has 18 heavy (non-hydrogen) atoms. The maximum Gasteiger partial charge on any atom is 0.0417 e. The standard InChI is InChI=1S/C15H20N2S/c1-2-6-14(15-9-5-10-18-15)17-11-12-7-3-4-8-13(12)16/h3-5,7-10,14,17H,2,6,11,16H2,1H3. The third kappa shape index (κ3) is 3.34. The number of hydrogen-bond acceptors (Lipinski definition) is 3. The van der Waals surface area contributed by atoms with E-state index in [2.05, 4.69) is 35.8 Å². The molecule has 1 heterocycles. The minimum atomic E-state index is 0.439. The molecule has 0 spiro atoms. The van der Waals surface area contributed by atoms with Gasteiger partial charge in [0.25, 0.3) is 0 Å². The number of anilines is 1. The molecule has 0 aliphatic heterocycles. The predicted octanol–water partition coefficient (Wildman–Crippen LogP) is 3.96. The van der Waals surface area contributed by atoms with Gasteiger partial charge < -0.3 is 11.1 Å². The van der Waals surface area contributed by atoms with Gasteiger partial charge in [0.05, 0.1) is 0 Å². The maximum atomic E-state index is 5.96. The first-order valence-corrected chi connectivity index (χ1v) is 7.29. The van der Waals surface area contributed by atoms with Crippen LogP contribution in [0.15, 0.2) is 41.8 Å². The minimum Gasteiger partial charge on any atom is -0.398 e. The minimum absolute atomic E-state index is 0.439. The SMILES string of the molecule is CCCC(NCc1ccccc1N)c1cccs1. The summed E-state index contributed by atoms with van der Waals surface area (Å²) in [5.41, 5.74) is 8.01. The van der Waals surface area contributed by atoms with E-state index in [-0.39, 0.29) is 0 Å². The molecule has 1 aromatic heterocycles. The molecule has 1 atom stereocenters. The molecule has 3 heteroatoms. The summed E-state index contributed by atoms with van der Waals surface area (Å²) < 4.78 is 0. The average molecular weight is 260 g/mol. The van der Waals surface area contributed by atoms with Crippen LogP contribution in [0.25, 0.3) is 0 Å². The van der Waals surface area contributed by atoms with Crippen molar-refractivity contribution in [3.8, 4) is 0 Å². The molecule has 0 saturated heterocycles. The molecule has 2 rings (SSSR count). The fourth-order valence-electron chi connectivity index (χ4n) is 2.05. The number of rotatable bonds is 6. The van der Waals surface area contributed by atoms with Crippen molar-refractivity contribution in [1.29, 1.82) is 0 Å². The second-order valence-corrected chi connectivity index (χ2v) is 5.42. The Bertz CT molecular complexity index is 465. The van der Waals surface area contributed by atoms with Crippen molar-refractivity contribution in [1.82, 2.24) is 5.32 Å². The summed E-state index contributed by atoms with van der Waals surface area (Å²) in [5.74, 6) is 0. The highest BCUT2D eigenvalue weighted by Crippen LogP contribution is 2.24. The molecule has 1 aromatic carbocycles. The molecular formula is C15H20N2S. The van der Waals surface area contributed by atoms with E-state index in [0.717, 1.165) is 18.7 Å². The van der Waals surface area contributed by atoms with Crippen molar-refractivity contribution in [2.75, 3.05) is 5.73 Å². The zero-order chi connectivity index (χ0) is 12.8. The van der Waals surface area contributed by atoms with Crippen molar-refractivity contribution < 1.29 is 0 Å². The molecule has 2 aromatic rings. The van der Waals surface area contributed by atoms with Crippen molar-refractivity contribution >= 4 is 17.0 Å². The molecule has 0 saturated carbocycles. The van der Waals surface area contributed by atoms with E-state index in [1.807, 2.05) is 29.5 Å². The predicted molar refractivity (Wildman–Crippen MR) is 79.7 cm³/mol. The number of nitrogens with one attached hydrogen (secondary N) is 1. The normalized spacial score (nSPS) is 12.5. The van der Waals surface area contributed by atoms with Crippen LogP contribution in [-0.4, -0.2) is 0 Å². The van der Waals surface area contributed by atoms with Gasteiger partial charge in [-0.05, 0) is 29.5 Å². The van der Waals surface area contributed by atoms with E-state index >= 15 is 0 Å². The number of nitrogens with two attached hydrogens (primary N) is 1. The number of thiophene rings is 1.